The maximum Gasteiger partial charge on any atom is 0.325 e. The van der Waals surface area contributed by atoms with E-state index in [-0.39, 0.29) is 23.3 Å². The summed E-state index contributed by atoms with van der Waals surface area (Å²) in [4.78, 5) is 28.2. The molecule has 0 unspecified atom stereocenters. The lowest BCUT2D eigenvalue weighted by Crippen LogP contribution is -2.35. The molecule has 3 rings (SSSR count). The molecule has 2 aromatic rings. The summed E-state index contributed by atoms with van der Waals surface area (Å²) in [7, 11) is 2.81. The second-order valence-corrected chi connectivity index (χ2v) is 8.20. The number of amides is 1. The van der Waals surface area contributed by atoms with Crippen molar-refractivity contribution in [2.24, 2.45) is 0 Å². The number of esters is 1. The van der Waals surface area contributed by atoms with Gasteiger partial charge in [-0.15, -0.1) is 0 Å². The zero-order valence-electron chi connectivity index (χ0n) is 17.6. The number of benzene rings is 2. The van der Waals surface area contributed by atoms with Gasteiger partial charge in [0.25, 0.3) is 5.91 Å². The number of anilines is 1. The highest BCUT2D eigenvalue weighted by Gasteiger charge is 2.40. The van der Waals surface area contributed by atoms with Crippen molar-refractivity contribution in [2.75, 3.05) is 32.3 Å². The van der Waals surface area contributed by atoms with Crippen molar-refractivity contribution < 1.29 is 23.8 Å². The Morgan fingerprint density at radius 3 is 2.47 bits per heavy atom. The summed E-state index contributed by atoms with van der Waals surface area (Å²) in [6.45, 7) is 2.12. The minimum atomic E-state index is -0.535. The number of hydrogen-bond donors (Lipinski definition) is 0. The van der Waals surface area contributed by atoms with Crippen LogP contribution in [0.5, 0.6) is 11.5 Å². The SMILES string of the molecule is CCOc1cc(Br)c(/C=C2/C(=O)N(c3ccc(Cl)cc3)C(=S)N2CC(=O)OC)cc1OC. The summed E-state index contributed by atoms with van der Waals surface area (Å²) in [5.74, 6) is 0.142. The third-order valence-corrected chi connectivity index (χ3v) is 5.95. The van der Waals surface area contributed by atoms with Crippen molar-refractivity contribution >= 4 is 68.5 Å². The Morgan fingerprint density at radius 2 is 1.88 bits per heavy atom. The van der Waals surface area contributed by atoms with E-state index in [0.29, 0.717) is 38.9 Å². The molecule has 1 saturated heterocycles. The lowest BCUT2D eigenvalue weighted by atomic mass is 10.1. The van der Waals surface area contributed by atoms with Crippen LogP contribution < -0.4 is 14.4 Å². The number of carbonyl (C=O) groups is 2. The van der Waals surface area contributed by atoms with E-state index in [1.54, 1.807) is 42.5 Å². The van der Waals surface area contributed by atoms with Crippen LogP contribution in [-0.2, 0) is 14.3 Å². The number of methoxy groups -OCH3 is 2. The normalized spacial score (nSPS) is 14.8. The quantitative estimate of drug-likeness (QED) is 0.288. The Morgan fingerprint density at radius 1 is 1.19 bits per heavy atom. The maximum atomic E-state index is 13.4. The minimum Gasteiger partial charge on any atom is -0.493 e. The number of hydrogen-bond acceptors (Lipinski definition) is 6. The number of rotatable bonds is 7. The molecule has 0 N–H and O–H groups in total. The van der Waals surface area contributed by atoms with Gasteiger partial charge in [0.15, 0.2) is 16.6 Å². The highest BCUT2D eigenvalue weighted by atomic mass is 79.9. The van der Waals surface area contributed by atoms with Gasteiger partial charge in [0, 0.05) is 9.50 Å². The highest BCUT2D eigenvalue weighted by Crippen LogP contribution is 2.36. The molecule has 0 spiro atoms. The third kappa shape index (κ3) is 4.90. The molecule has 1 amide bonds. The van der Waals surface area contributed by atoms with Crippen molar-refractivity contribution in [3.63, 3.8) is 0 Å². The second-order valence-electron chi connectivity index (χ2n) is 6.55. The first-order valence-electron chi connectivity index (χ1n) is 9.51. The number of ether oxygens (including phenoxy) is 3. The van der Waals surface area contributed by atoms with Gasteiger partial charge in [0.1, 0.15) is 12.2 Å². The van der Waals surface area contributed by atoms with Gasteiger partial charge >= 0.3 is 5.97 Å². The molecule has 10 heteroatoms. The van der Waals surface area contributed by atoms with Gasteiger partial charge in [-0.2, -0.15) is 0 Å². The predicted octanol–water partition coefficient (Wildman–Crippen LogP) is 4.66. The number of thiocarbonyl (C=S) groups is 1. The van der Waals surface area contributed by atoms with Gasteiger partial charge in [0.05, 0.1) is 26.5 Å². The van der Waals surface area contributed by atoms with E-state index in [9.17, 15) is 9.59 Å². The molecule has 7 nitrogen and oxygen atoms in total. The van der Waals surface area contributed by atoms with Crippen molar-refractivity contribution in [3.8, 4) is 11.5 Å². The smallest absolute Gasteiger partial charge is 0.325 e. The number of carbonyl (C=O) groups excluding carboxylic acids is 2. The van der Waals surface area contributed by atoms with E-state index >= 15 is 0 Å². The van der Waals surface area contributed by atoms with Crippen molar-refractivity contribution in [1.82, 2.24) is 4.90 Å². The largest absolute Gasteiger partial charge is 0.493 e. The zero-order valence-corrected chi connectivity index (χ0v) is 20.7. The monoisotopic (exact) mass is 538 g/mol. The molecule has 0 aromatic heterocycles. The van der Waals surface area contributed by atoms with Gasteiger partial charge in [0.2, 0.25) is 0 Å². The minimum absolute atomic E-state index is 0.156. The summed E-state index contributed by atoms with van der Waals surface area (Å²) >= 11 is 15.0. The molecular formula is C22H20BrClN2O5S. The van der Waals surface area contributed by atoms with Gasteiger partial charge in [-0.1, -0.05) is 27.5 Å². The van der Waals surface area contributed by atoms with E-state index in [0.717, 1.165) is 0 Å². The van der Waals surface area contributed by atoms with Crippen LogP contribution in [0.4, 0.5) is 5.69 Å². The Balaban J connectivity index is 2.10. The van der Waals surface area contributed by atoms with Crippen LogP contribution in [0.1, 0.15) is 12.5 Å². The van der Waals surface area contributed by atoms with Crippen LogP contribution in [-0.4, -0.2) is 49.3 Å². The highest BCUT2D eigenvalue weighted by molar-refractivity contribution is 9.10. The Hall–Kier alpha value is -2.62. The zero-order chi connectivity index (χ0) is 23.4. The Kier molecular flexibility index (Phi) is 7.76. The fourth-order valence-corrected chi connectivity index (χ4v) is 4.00. The topological polar surface area (TPSA) is 68.3 Å². The van der Waals surface area contributed by atoms with Crippen LogP contribution in [0.3, 0.4) is 0 Å². The second kappa shape index (κ2) is 10.3. The number of nitrogens with zero attached hydrogens (tertiary/aromatic N) is 2. The standard InChI is InChI=1S/C22H20BrClN2O5S/c1-4-31-19-11-16(23)13(10-18(19)29-2)9-17-21(28)26(15-7-5-14(24)6-8-15)22(32)25(17)12-20(27)30-3/h5-11H,4,12H2,1-3H3/b17-9-. The molecule has 32 heavy (non-hydrogen) atoms. The lowest BCUT2D eigenvalue weighted by molar-refractivity contribution is -0.140. The van der Waals surface area contributed by atoms with E-state index in [1.807, 2.05) is 6.92 Å². The van der Waals surface area contributed by atoms with Crippen LogP contribution >= 0.6 is 39.7 Å². The molecule has 1 aliphatic rings. The van der Waals surface area contributed by atoms with E-state index < -0.39 is 5.97 Å². The summed E-state index contributed by atoms with van der Waals surface area (Å²) in [5.41, 5.74) is 1.39. The summed E-state index contributed by atoms with van der Waals surface area (Å²) in [6, 6.07) is 10.2. The lowest BCUT2D eigenvalue weighted by Gasteiger charge is -2.19. The van der Waals surface area contributed by atoms with Gasteiger partial charge in [-0.25, -0.2) is 0 Å². The van der Waals surface area contributed by atoms with Gasteiger partial charge in [-0.05, 0) is 67.2 Å². The van der Waals surface area contributed by atoms with Crippen LogP contribution in [0.15, 0.2) is 46.6 Å². The average Bonchev–Trinajstić information content (AvgIpc) is 3.00. The molecule has 0 atom stereocenters. The van der Waals surface area contributed by atoms with Crippen molar-refractivity contribution in [2.45, 2.75) is 6.92 Å². The average molecular weight is 540 g/mol. The van der Waals surface area contributed by atoms with Crippen LogP contribution in [0.2, 0.25) is 5.02 Å². The van der Waals surface area contributed by atoms with Crippen LogP contribution in [0.25, 0.3) is 6.08 Å². The first-order chi connectivity index (χ1) is 15.3. The molecule has 2 aromatic carbocycles. The summed E-state index contributed by atoms with van der Waals surface area (Å²) < 4.78 is 16.5. The van der Waals surface area contributed by atoms with Crippen molar-refractivity contribution in [1.29, 1.82) is 0 Å². The molecule has 0 aliphatic carbocycles. The molecule has 0 bridgehead atoms. The first kappa shape index (κ1) is 24.0. The third-order valence-electron chi connectivity index (χ3n) is 4.61. The summed E-state index contributed by atoms with van der Waals surface area (Å²) in [5, 5.41) is 0.682. The molecule has 1 fully saturated rings. The molecule has 1 aliphatic heterocycles. The molecule has 1 heterocycles. The molecular weight excluding hydrogens is 520 g/mol. The van der Waals surface area contributed by atoms with Gasteiger partial charge < -0.3 is 19.1 Å². The van der Waals surface area contributed by atoms with Gasteiger partial charge in [-0.3, -0.25) is 14.5 Å². The predicted molar refractivity (Wildman–Crippen MR) is 130 cm³/mol. The Labute approximate surface area is 204 Å². The fourth-order valence-electron chi connectivity index (χ4n) is 3.08. The van der Waals surface area contributed by atoms with E-state index in [1.165, 1.54) is 24.0 Å². The van der Waals surface area contributed by atoms with E-state index in [2.05, 4.69) is 15.9 Å². The maximum absolute atomic E-state index is 13.4. The first-order valence-corrected chi connectivity index (χ1v) is 11.1. The fraction of sp³-hybridized carbons (Fsp3) is 0.227. The van der Waals surface area contributed by atoms with E-state index in [4.69, 9.17) is 38.0 Å². The van der Waals surface area contributed by atoms with Crippen LogP contribution in [0, 0.1) is 0 Å². The number of halogens is 2. The molecule has 0 saturated carbocycles. The summed E-state index contributed by atoms with van der Waals surface area (Å²) in [6.07, 6.45) is 1.63. The Bertz CT molecular complexity index is 1090. The molecule has 168 valence electrons. The van der Waals surface area contributed by atoms with Crippen molar-refractivity contribution in [3.05, 3.63) is 57.2 Å². The molecule has 0 radical (unpaired) electrons.